The predicted octanol–water partition coefficient (Wildman–Crippen LogP) is 6.34. The third-order valence-corrected chi connectivity index (χ3v) is 8.24. The standard InChI is InChI=1S/C32H31Cl2N5O3/c1-21(39-17-15-35-20-39)29(32(41)42)37-30(23-8-3-2-4-9-23)24-10-5-6-11-27(24)36-31(40)28-12-7-16-38(28)19-22-13-14-25(33)26(34)18-22/h2-6,8-11,13-15,17-18,20-21,28-29H,7,12,16,19H2,1H3,(H,36,40)(H,41,42)/t21-,28+,29+/m1/s1. The molecule has 5 rings (SSSR count). The third kappa shape index (κ3) is 6.73. The Morgan fingerprint density at radius 2 is 1.83 bits per heavy atom. The monoisotopic (exact) mass is 603 g/mol. The number of amides is 1. The van der Waals surface area contributed by atoms with Gasteiger partial charge in [-0.05, 0) is 50.1 Å². The van der Waals surface area contributed by atoms with Gasteiger partial charge in [0.25, 0.3) is 0 Å². The second-order valence-electron chi connectivity index (χ2n) is 10.3. The van der Waals surface area contributed by atoms with E-state index in [-0.39, 0.29) is 11.9 Å². The van der Waals surface area contributed by atoms with E-state index in [2.05, 4.69) is 15.2 Å². The van der Waals surface area contributed by atoms with E-state index in [1.54, 1.807) is 36.3 Å². The van der Waals surface area contributed by atoms with E-state index < -0.39 is 18.1 Å². The maximum absolute atomic E-state index is 13.7. The Bertz CT molecular complexity index is 1580. The lowest BCUT2D eigenvalue weighted by molar-refractivity contribution is -0.139. The van der Waals surface area contributed by atoms with Crippen molar-refractivity contribution in [2.75, 3.05) is 11.9 Å². The highest BCUT2D eigenvalue weighted by Crippen LogP contribution is 2.28. The van der Waals surface area contributed by atoms with Crippen LogP contribution in [0.1, 0.15) is 42.5 Å². The molecule has 8 nitrogen and oxygen atoms in total. The summed E-state index contributed by atoms with van der Waals surface area (Å²) in [5, 5.41) is 14.3. The van der Waals surface area contributed by atoms with Crippen molar-refractivity contribution >= 4 is 46.5 Å². The molecule has 2 N–H and O–H groups in total. The Labute approximate surface area is 254 Å². The van der Waals surface area contributed by atoms with Crippen molar-refractivity contribution in [3.63, 3.8) is 0 Å². The second kappa shape index (κ2) is 13.3. The van der Waals surface area contributed by atoms with Gasteiger partial charge in [-0.2, -0.15) is 0 Å². The number of carbonyl (C=O) groups excluding carboxylic acids is 1. The van der Waals surface area contributed by atoms with Crippen LogP contribution in [0.5, 0.6) is 0 Å². The molecule has 0 radical (unpaired) electrons. The number of benzene rings is 3. The van der Waals surface area contributed by atoms with Gasteiger partial charge in [0.1, 0.15) is 0 Å². The van der Waals surface area contributed by atoms with Crippen LogP contribution in [0, 0.1) is 0 Å². The van der Waals surface area contributed by atoms with Gasteiger partial charge in [-0.3, -0.25) is 14.7 Å². The Balaban J connectivity index is 1.46. The van der Waals surface area contributed by atoms with Gasteiger partial charge in [-0.25, -0.2) is 9.78 Å². The molecular formula is C32H31Cl2N5O3. The number of carboxylic acid groups (broad SMARTS) is 1. The van der Waals surface area contributed by atoms with Gasteiger partial charge in [0.2, 0.25) is 5.91 Å². The lowest BCUT2D eigenvalue weighted by atomic mass is 9.99. The molecule has 0 aliphatic carbocycles. The molecule has 0 bridgehead atoms. The Morgan fingerprint density at radius 3 is 2.55 bits per heavy atom. The molecule has 42 heavy (non-hydrogen) atoms. The van der Waals surface area contributed by atoms with Crippen LogP contribution in [-0.2, 0) is 16.1 Å². The number of anilines is 1. The van der Waals surface area contributed by atoms with E-state index in [1.165, 1.54) is 0 Å². The Kier molecular flexibility index (Phi) is 9.37. The third-order valence-electron chi connectivity index (χ3n) is 7.50. The molecule has 1 aliphatic rings. The van der Waals surface area contributed by atoms with E-state index in [9.17, 15) is 14.7 Å². The molecule has 1 fully saturated rings. The fourth-order valence-electron chi connectivity index (χ4n) is 5.28. The number of nitrogens with zero attached hydrogens (tertiary/aromatic N) is 4. The molecule has 10 heteroatoms. The molecule has 3 atom stereocenters. The van der Waals surface area contributed by atoms with Crippen LogP contribution in [0.25, 0.3) is 0 Å². The molecule has 1 aromatic heterocycles. The van der Waals surface area contributed by atoms with Gasteiger partial charge < -0.3 is 15.0 Å². The van der Waals surface area contributed by atoms with Crippen LogP contribution in [-0.4, -0.2) is 55.8 Å². The number of hydrogen-bond donors (Lipinski definition) is 2. The number of para-hydroxylation sites is 1. The largest absolute Gasteiger partial charge is 0.480 e. The summed E-state index contributed by atoms with van der Waals surface area (Å²) in [6.07, 6.45) is 6.52. The van der Waals surface area contributed by atoms with Crippen molar-refractivity contribution < 1.29 is 14.7 Å². The first-order chi connectivity index (χ1) is 20.3. The van der Waals surface area contributed by atoms with Crippen molar-refractivity contribution in [1.82, 2.24) is 14.5 Å². The van der Waals surface area contributed by atoms with Gasteiger partial charge in [-0.1, -0.05) is 77.8 Å². The average molecular weight is 605 g/mol. The number of imidazole rings is 1. The summed E-state index contributed by atoms with van der Waals surface area (Å²) < 4.78 is 1.72. The molecule has 0 spiro atoms. The number of carboxylic acids is 1. The summed E-state index contributed by atoms with van der Waals surface area (Å²) in [6.45, 7) is 3.14. The first kappa shape index (κ1) is 29.5. The van der Waals surface area contributed by atoms with Crippen LogP contribution < -0.4 is 5.32 Å². The second-order valence-corrected chi connectivity index (χ2v) is 11.1. The first-order valence-corrected chi connectivity index (χ1v) is 14.5. The normalized spacial score (nSPS) is 17.1. The molecule has 0 saturated carbocycles. The SMILES string of the molecule is C[C@H]([C@H](N=C(c1ccccc1)c1ccccc1NC(=O)[C@@H]1CCCN1Cc1ccc(Cl)c(Cl)c1)C(=O)O)n1ccnc1. The number of rotatable bonds is 10. The van der Waals surface area contributed by atoms with Crippen molar-refractivity contribution in [2.24, 2.45) is 4.99 Å². The highest BCUT2D eigenvalue weighted by atomic mass is 35.5. The number of aliphatic carboxylic acids is 1. The Morgan fingerprint density at radius 1 is 1.07 bits per heavy atom. The minimum Gasteiger partial charge on any atom is -0.480 e. The van der Waals surface area contributed by atoms with Crippen molar-refractivity contribution in [3.8, 4) is 0 Å². The number of hydrogen-bond acceptors (Lipinski definition) is 5. The van der Waals surface area contributed by atoms with E-state index in [4.69, 9.17) is 28.2 Å². The van der Waals surface area contributed by atoms with Crippen LogP contribution in [0.15, 0.2) is 96.5 Å². The minimum atomic E-state index is -1.10. The summed E-state index contributed by atoms with van der Waals surface area (Å²) in [6, 6.07) is 20.3. The highest BCUT2D eigenvalue weighted by Gasteiger charge is 2.32. The van der Waals surface area contributed by atoms with E-state index >= 15 is 0 Å². The molecule has 2 heterocycles. The molecule has 1 amide bonds. The molecule has 3 aromatic carbocycles. The van der Waals surface area contributed by atoms with Gasteiger partial charge in [-0.15, -0.1) is 0 Å². The van der Waals surface area contributed by atoms with Crippen LogP contribution in [0.4, 0.5) is 5.69 Å². The van der Waals surface area contributed by atoms with Gasteiger partial charge in [0, 0.05) is 30.1 Å². The smallest absolute Gasteiger partial charge is 0.330 e. The minimum absolute atomic E-state index is 0.131. The summed E-state index contributed by atoms with van der Waals surface area (Å²) >= 11 is 12.3. The predicted molar refractivity (Wildman–Crippen MR) is 165 cm³/mol. The van der Waals surface area contributed by atoms with Gasteiger partial charge in [0.05, 0.1) is 39.9 Å². The van der Waals surface area contributed by atoms with E-state index in [0.717, 1.165) is 30.5 Å². The molecular weight excluding hydrogens is 573 g/mol. The lowest BCUT2D eigenvalue weighted by Crippen LogP contribution is -2.39. The average Bonchev–Trinajstić information content (AvgIpc) is 3.69. The zero-order chi connectivity index (χ0) is 29.6. The van der Waals surface area contributed by atoms with Crippen molar-refractivity contribution in [1.29, 1.82) is 0 Å². The number of carbonyl (C=O) groups is 2. The molecule has 4 aromatic rings. The zero-order valence-corrected chi connectivity index (χ0v) is 24.5. The highest BCUT2D eigenvalue weighted by molar-refractivity contribution is 6.42. The maximum Gasteiger partial charge on any atom is 0.330 e. The molecule has 1 saturated heterocycles. The molecule has 0 unspecified atom stereocenters. The number of likely N-dealkylation sites (tertiary alicyclic amines) is 1. The van der Waals surface area contributed by atoms with E-state index in [1.807, 2.05) is 66.7 Å². The summed E-state index contributed by atoms with van der Waals surface area (Å²) in [4.78, 5) is 37.2. The number of aliphatic imine (C=N–C) groups is 1. The van der Waals surface area contributed by atoms with Crippen LogP contribution in [0.3, 0.4) is 0 Å². The summed E-state index contributed by atoms with van der Waals surface area (Å²) in [7, 11) is 0. The quantitative estimate of drug-likeness (QED) is 0.206. The van der Waals surface area contributed by atoms with E-state index in [0.29, 0.717) is 33.6 Å². The van der Waals surface area contributed by atoms with Crippen molar-refractivity contribution in [2.45, 2.75) is 44.4 Å². The topological polar surface area (TPSA) is 99.8 Å². The number of nitrogens with one attached hydrogen (secondary N) is 1. The number of halogens is 2. The van der Waals surface area contributed by atoms with Crippen molar-refractivity contribution in [3.05, 3.63) is 118 Å². The van der Waals surface area contributed by atoms with Crippen LogP contribution >= 0.6 is 23.2 Å². The zero-order valence-electron chi connectivity index (χ0n) is 23.0. The lowest BCUT2D eigenvalue weighted by Gasteiger charge is -2.25. The number of aromatic nitrogens is 2. The summed E-state index contributed by atoms with van der Waals surface area (Å²) in [5.74, 6) is -1.19. The first-order valence-electron chi connectivity index (χ1n) is 13.7. The van der Waals surface area contributed by atoms with Gasteiger partial charge in [0.15, 0.2) is 6.04 Å². The fraction of sp³-hybridized carbons (Fsp3) is 0.250. The van der Waals surface area contributed by atoms with Gasteiger partial charge >= 0.3 is 5.97 Å². The summed E-state index contributed by atoms with van der Waals surface area (Å²) in [5.41, 5.74) is 3.39. The Hall–Kier alpha value is -3.98. The molecule has 216 valence electrons. The molecule has 1 aliphatic heterocycles. The maximum atomic E-state index is 13.7. The fourth-order valence-corrected chi connectivity index (χ4v) is 5.60. The van der Waals surface area contributed by atoms with Crippen LogP contribution in [0.2, 0.25) is 10.0 Å².